The molecular weight excluding hydrogens is 266 g/mol. The highest BCUT2D eigenvalue weighted by Crippen LogP contribution is 2.09. The highest BCUT2D eigenvalue weighted by molar-refractivity contribution is 5.87. The average molecular weight is 281 g/mol. The fourth-order valence-corrected chi connectivity index (χ4v) is 2.17. The zero-order chi connectivity index (χ0) is 14.8. The van der Waals surface area contributed by atoms with Crippen LogP contribution in [0.3, 0.4) is 0 Å². The monoisotopic (exact) mass is 281 g/mol. The third-order valence-corrected chi connectivity index (χ3v) is 3.38. The number of carboxylic acid groups (broad SMARTS) is 1. The van der Waals surface area contributed by atoms with Gasteiger partial charge in [0.1, 0.15) is 0 Å². The van der Waals surface area contributed by atoms with Crippen LogP contribution in [0.4, 0.5) is 0 Å². The van der Waals surface area contributed by atoms with Gasteiger partial charge in [-0.05, 0) is 31.0 Å². The maximum atomic E-state index is 10.9. The molecule has 0 aliphatic heterocycles. The Morgan fingerprint density at radius 3 is 2.62 bits per heavy atom. The standard InChI is InChI=1S/C16H15N3O2/c1-11-2-4-12(5-3-11)6-8-14-17-15-9-7-13(16(20)21)10-19(15)18-14/h2-5,7,9-10H,6,8H2,1H3,(H,20,21). The number of hydrogen-bond acceptors (Lipinski definition) is 3. The first kappa shape index (κ1) is 13.3. The van der Waals surface area contributed by atoms with E-state index < -0.39 is 5.97 Å². The minimum Gasteiger partial charge on any atom is -0.478 e. The molecule has 1 N–H and O–H groups in total. The Bertz CT molecular complexity index is 791. The van der Waals surface area contributed by atoms with Gasteiger partial charge in [0.05, 0.1) is 5.56 Å². The zero-order valence-electron chi connectivity index (χ0n) is 11.7. The van der Waals surface area contributed by atoms with E-state index >= 15 is 0 Å². The summed E-state index contributed by atoms with van der Waals surface area (Å²) < 4.78 is 1.52. The second kappa shape index (κ2) is 5.36. The van der Waals surface area contributed by atoms with Crippen molar-refractivity contribution in [3.63, 3.8) is 0 Å². The van der Waals surface area contributed by atoms with Crippen molar-refractivity contribution in [2.75, 3.05) is 0 Å². The van der Waals surface area contributed by atoms with Crippen molar-refractivity contribution in [3.8, 4) is 0 Å². The number of carbonyl (C=O) groups is 1. The number of benzene rings is 1. The highest BCUT2D eigenvalue weighted by Gasteiger charge is 2.08. The molecule has 0 fully saturated rings. The molecule has 0 bridgehead atoms. The van der Waals surface area contributed by atoms with E-state index in [0.717, 1.165) is 18.7 Å². The van der Waals surface area contributed by atoms with Gasteiger partial charge in [-0.1, -0.05) is 29.8 Å². The van der Waals surface area contributed by atoms with Crippen LogP contribution >= 0.6 is 0 Å². The molecule has 3 aromatic rings. The third kappa shape index (κ3) is 2.91. The van der Waals surface area contributed by atoms with Crippen molar-refractivity contribution in [3.05, 3.63) is 65.1 Å². The number of aromatic nitrogens is 3. The molecule has 0 atom stereocenters. The fourth-order valence-electron chi connectivity index (χ4n) is 2.17. The second-order valence-electron chi connectivity index (χ2n) is 5.04. The molecular formula is C16H15N3O2. The maximum absolute atomic E-state index is 10.9. The molecule has 2 aromatic heterocycles. The molecule has 0 amide bonds. The summed E-state index contributed by atoms with van der Waals surface area (Å²) in [5.74, 6) is -0.244. The molecule has 0 aliphatic carbocycles. The summed E-state index contributed by atoms with van der Waals surface area (Å²) in [5, 5.41) is 13.3. The Hall–Kier alpha value is -2.69. The Kier molecular flexibility index (Phi) is 3.39. The second-order valence-corrected chi connectivity index (χ2v) is 5.04. The van der Waals surface area contributed by atoms with Crippen LogP contribution in [-0.2, 0) is 12.8 Å². The molecule has 106 valence electrons. The third-order valence-electron chi connectivity index (χ3n) is 3.38. The quantitative estimate of drug-likeness (QED) is 0.798. The van der Waals surface area contributed by atoms with Gasteiger partial charge in [-0.2, -0.15) is 5.10 Å². The smallest absolute Gasteiger partial charge is 0.337 e. The van der Waals surface area contributed by atoms with Crippen LogP contribution in [0, 0.1) is 6.92 Å². The molecule has 1 aromatic carbocycles. The summed E-state index contributed by atoms with van der Waals surface area (Å²) >= 11 is 0. The topological polar surface area (TPSA) is 67.5 Å². The fraction of sp³-hybridized carbons (Fsp3) is 0.188. The van der Waals surface area contributed by atoms with E-state index in [2.05, 4.69) is 41.3 Å². The average Bonchev–Trinajstić information content (AvgIpc) is 2.88. The van der Waals surface area contributed by atoms with Gasteiger partial charge in [0.25, 0.3) is 0 Å². The molecule has 5 nitrogen and oxygen atoms in total. The van der Waals surface area contributed by atoms with Crippen LogP contribution in [0.1, 0.15) is 27.3 Å². The molecule has 21 heavy (non-hydrogen) atoms. The first-order valence-corrected chi connectivity index (χ1v) is 6.76. The van der Waals surface area contributed by atoms with Crippen molar-refractivity contribution in [1.29, 1.82) is 0 Å². The molecule has 0 saturated carbocycles. The predicted octanol–water partition coefficient (Wildman–Crippen LogP) is 2.52. The lowest BCUT2D eigenvalue weighted by atomic mass is 10.1. The van der Waals surface area contributed by atoms with Gasteiger partial charge in [-0.3, -0.25) is 0 Å². The molecule has 0 aliphatic rings. The van der Waals surface area contributed by atoms with Gasteiger partial charge >= 0.3 is 5.97 Å². The van der Waals surface area contributed by atoms with E-state index in [0.29, 0.717) is 5.65 Å². The lowest BCUT2D eigenvalue weighted by Gasteiger charge is -1.99. The number of carboxylic acids is 1. The van der Waals surface area contributed by atoms with Crippen molar-refractivity contribution in [2.24, 2.45) is 0 Å². The molecule has 0 spiro atoms. The Morgan fingerprint density at radius 1 is 1.14 bits per heavy atom. The van der Waals surface area contributed by atoms with E-state index in [-0.39, 0.29) is 5.56 Å². The van der Waals surface area contributed by atoms with Crippen LogP contribution in [0.2, 0.25) is 0 Å². The molecule has 0 radical (unpaired) electrons. The van der Waals surface area contributed by atoms with Gasteiger partial charge in [0, 0.05) is 12.6 Å². The van der Waals surface area contributed by atoms with E-state index in [9.17, 15) is 4.79 Å². The van der Waals surface area contributed by atoms with Gasteiger partial charge in [0.2, 0.25) is 0 Å². The molecule has 2 heterocycles. The Labute approximate surface area is 121 Å². The number of aryl methyl sites for hydroxylation is 3. The number of nitrogens with zero attached hydrogens (tertiary/aromatic N) is 3. The minimum absolute atomic E-state index is 0.206. The van der Waals surface area contributed by atoms with Crippen LogP contribution in [0.25, 0.3) is 5.65 Å². The van der Waals surface area contributed by atoms with E-state index in [1.807, 2.05) is 0 Å². The first-order chi connectivity index (χ1) is 10.1. The number of aromatic carboxylic acids is 1. The highest BCUT2D eigenvalue weighted by atomic mass is 16.4. The summed E-state index contributed by atoms with van der Waals surface area (Å²) in [5.41, 5.74) is 3.35. The van der Waals surface area contributed by atoms with Gasteiger partial charge in [-0.25, -0.2) is 14.3 Å². The van der Waals surface area contributed by atoms with Crippen LogP contribution in [-0.4, -0.2) is 25.7 Å². The summed E-state index contributed by atoms with van der Waals surface area (Å²) in [4.78, 5) is 15.3. The summed E-state index contributed by atoms with van der Waals surface area (Å²) in [7, 11) is 0. The molecule has 0 saturated heterocycles. The summed E-state index contributed by atoms with van der Waals surface area (Å²) in [6.45, 7) is 2.06. The minimum atomic E-state index is -0.964. The van der Waals surface area contributed by atoms with E-state index in [1.54, 1.807) is 6.07 Å². The molecule has 0 unspecified atom stereocenters. The zero-order valence-corrected chi connectivity index (χ0v) is 11.7. The largest absolute Gasteiger partial charge is 0.478 e. The van der Waals surface area contributed by atoms with Gasteiger partial charge in [-0.15, -0.1) is 0 Å². The van der Waals surface area contributed by atoms with Crippen molar-refractivity contribution in [2.45, 2.75) is 19.8 Å². The van der Waals surface area contributed by atoms with Crippen molar-refractivity contribution in [1.82, 2.24) is 14.6 Å². The van der Waals surface area contributed by atoms with Gasteiger partial charge in [0.15, 0.2) is 11.5 Å². The molecule has 3 rings (SSSR count). The SMILES string of the molecule is Cc1ccc(CCc2nc3ccc(C(=O)O)cn3n2)cc1. The summed E-state index contributed by atoms with van der Waals surface area (Å²) in [6, 6.07) is 11.6. The predicted molar refractivity (Wildman–Crippen MR) is 78.5 cm³/mol. The van der Waals surface area contributed by atoms with Crippen LogP contribution in [0.5, 0.6) is 0 Å². The Balaban J connectivity index is 1.78. The first-order valence-electron chi connectivity index (χ1n) is 6.76. The Morgan fingerprint density at radius 2 is 1.90 bits per heavy atom. The maximum Gasteiger partial charge on any atom is 0.337 e. The summed E-state index contributed by atoms with van der Waals surface area (Å²) in [6.07, 6.45) is 3.08. The normalized spacial score (nSPS) is 10.9. The van der Waals surface area contributed by atoms with Crippen LogP contribution < -0.4 is 0 Å². The number of fused-ring (bicyclic) bond motifs is 1. The van der Waals surface area contributed by atoms with Gasteiger partial charge < -0.3 is 5.11 Å². The number of rotatable bonds is 4. The van der Waals surface area contributed by atoms with Crippen molar-refractivity contribution < 1.29 is 9.90 Å². The lowest BCUT2D eigenvalue weighted by Crippen LogP contribution is -1.99. The van der Waals surface area contributed by atoms with Crippen molar-refractivity contribution >= 4 is 11.6 Å². The number of hydrogen-bond donors (Lipinski definition) is 1. The lowest BCUT2D eigenvalue weighted by molar-refractivity contribution is 0.0696. The molecule has 5 heteroatoms. The van der Waals surface area contributed by atoms with E-state index in [4.69, 9.17) is 5.11 Å². The van der Waals surface area contributed by atoms with E-state index in [1.165, 1.54) is 27.9 Å². The van der Waals surface area contributed by atoms with Crippen LogP contribution in [0.15, 0.2) is 42.6 Å². The number of pyridine rings is 1.